The van der Waals surface area contributed by atoms with E-state index in [1.54, 1.807) is 18.3 Å². The number of nitro groups is 1. The Labute approximate surface area is 135 Å². The predicted molar refractivity (Wildman–Crippen MR) is 87.6 cm³/mol. The molecule has 1 aromatic heterocycles. The Balaban J connectivity index is 1.95. The van der Waals surface area contributed by atoms with Crippen molar-refractivity contribution in [3.05, 3.63) is 81.1 Å². The fourth-order valence-corrected chi connectivity index (χ4v) is 2.73. The summed E-state index contributed by atoms with van der Waals surface area (Å²) in [7, 11) is 0. The largest absolute Gasteiger partial charge is 0.327 e. The average Bonchev–Trinajstić information content (AvgIpc) is 2.95. The molecule has 0 spiro atoms. The minimum Gasteiger partial charge on any atom is -0.327 e. The van der Waals surface area contributed by atoms with Gasteiger partial charge in [0.25, 0.3) is 5.69 Å². The Morgan fingerprint density at radius 2 is 2.00 bits per heavy atom. The van der Waals surface area contributed by atoms with Crippen LogP contribution >= 0.6 is 15.9 Å². The lowest BCUT2D eigenvalue weighted by Crippen LogP contribution is -2.01. The fourth-order valence-electron chi connectivity index (χ4n) is 2.29. The highest BCUT2D eigenvalue weighted by atomic mass is 79.9. The van der Waals surface area contributed by atoms with E-state index >= 15 is 0 Å². The molecule has 110 valence electrons. The van der Waals surface area contributed by atoms with Crippen molar-refractivity contribution in [1.82, 2.24) is 9.55 Å². The Kier molecular flexibility index (Phi) is 4.02. The van der Waals surface area contributed by atoms with Gasteiger partial charge < -0.3 is 4.57 Å². The number of benzene rings is 2. The SMILES string of the molecule is O=[N+]([O-])c1cccc(-c2nccn2Cc2cccc(Br)c2)c1. The Hall–Kier alpha value is -2.47. The van der Waals surface area contributed by atoms with E-state index in [0.29, 0.717) is 12.4 Å². The van der Waals surface area contributed by atoms with E-state index < -0.39 is 4.92 Å². The van der Waals surface area contributed by atoms with Crippen LogP contribution in [0.15, 0.2) is 65.4 Å². The second kappa shape index (κ2) is 6.11. The van der Waals surface area contributed by atoms with Gasteiger partial charge >= 0.3 is 0 Å². The highest BCUT2D eigenvalue weighted by molar-refractivity contribution is 9.10. The quantitative estimate of drug-likeness (QED) is 0.517. The van der Waals surface area contributed by atoms with Crippen LogP contribution in [0.3, 0.4) is 0 Å². The summed E-state index contributed by atoms with van der Waals surface area (Å²) in [5, 5.41) is 10.9. The molecule has 0 bridgehead atoms. The molecule has 0 aliphatic heterocycles. The molecule has 6 heteroatoms. The van der Waals surface area contributed by atoms with Gasteiger partial charge in [0.15, 0.2) is 0 Å². The monoisotopic (exact) mass is 357 g/mol. The summed E-state index contributed by atoms with van der Waals surface area (Å²) in [5.74, 6) is 0.712. The summed E-state index contributed by atoms with van der Waals surface area (Å²) in [5.41, 5.74) is 1.92. The highest BCUT2D eigenvalue weighted by Gasteiger charge is 2.11. The molecule has 0 radical (unpaired) electrons. The van der Waals surface area contributed by atoms with Gasteiger partial charge in [0.2, 0.25) is 0 Å². The summed E-state index contributed by atoms with van der Waals surface area (Å²) in [6, 6.07) is 14.5. The number of nitro benzene ring substituents is 1. The molecule has 0 atom stereocenters. The average molecular weight is 358 g/mol. The Bertz CT molecular complexity index is 830. The molecule has 22 heavy (non-hydrogen) atoms. The summed E-state index contributed by atoms with van der Waals surface area (Å²) >= 11 is 3.46. The van der Waals surface area contributed by atoms with Crippen LogP contribution in [0, 0.1) is 10.1 Å². The smallest absolute Gasteiger partial charge is 0.270 e. The lowest BCUT2D eigenvalue weighted by Gasteiger charge is -2.08. The zero-order chi connectivity index (χ0) is 15.5. The van der Waals surface area contributed by atoms with E-state index in [2.05, 4.69) is 20.9 Å². The van der Waals surface area contributed by atoms with Gasteiger partial charge in [-0.15, -0.1) is 0 Å². The fraction of sp³-hybridized carbons (Fsp3) is 0.0625. The van der Waals surface area contributed by atoms with E-state index in [1.807, 2.05) is 41.1 Å². The maximum absolute atomic E-state index is 10.9. The lowest BCUT2D eigenvalue weighted by molar-refractivity contribution is -0.384. The van der Waals surface area contributed by atoms with Crippen molar-refractivity contribution >= 4 is 21.6 Å². The number of nitrogens with zero attached hydrogens (tertiary/aromatic N) is 3. The van der Waals surface area contributed by atoms with E-state index in [0.717, 1.165) is 15.6 Å². The third-order valence-electron chi connectivity index (χ3n) is 3.27. The maximum atomic E-state index is 10.9. The molecule has 0 saturated carbocycles. The van der Waals surface area contributed by atoms with Gasteiger partial charge in [-0.25, -0.2) is 4.98 Å². The summed E-state index contributed by atoms with van der Waals surface area (Å²) in [4.78, 5) is 14.8. The first-order chi connectivity index (χ1) is 10.6. The van der Waals surface area contributed by atoms with E-state index in [4.69, 9.17) is 0 Å². The van der Waals surface area contributed by atoms with Crippen LogP contribution in [0.1, 0.15) is 5.56 Å². The predicted octanol–water partition coefficient (Wildman–Crippen LogP) is 4.27. The third-order valence-corrected chi connectivity index (χ3v) is 3.77. The van der Waals surface area contributed by atoms with Gasteiger partial charge in [0, 0.05) is 41.1 Å². The van der Waals surface area contributed by atoms with E-state index in [9.17, 15) is 10.1 Å². The van der Waals surface area contributed by atoms with Gasteiger partial charge in [-0.1, -0.05) is 40.2 Å². The van der Waals surface area contributed by atoms with Crippen molar-refractivity contribution in [3.63, 3.8) is 0 Å². The van der Waals surface area contributed by atoms with Crippen LogP contribution in [0.2, 0.25) is 0 Å². The molecular weight excluding hydrogens is 346 g/mol. The van der Waals surface area contributed by atoms with E-state index in [1.165, 1.54) is 6.07 Å². The number of non-ortho nitro benzene ring substituents is 1. The zero-order valence-electron chi connectivity index (χ0n) is 11.5. The molecule has 0 aliphatic rings. The second-order valence-electron chi connectivity index (χ2n) is 4.82. The number of imidazole rings is 1. The van der Waals surface area contributed by atoms with Gasteiger partial charge in [0.1, 0.15) is 5.82 Å². The van der Waals surface area contributed by atoms with Crippen molar-refractivity contribution in [3.8, 4) is 11.4 Å². The van der Waals surface area contributed by atoms with Crippen molar-refractivity contribution < 1.29 is 4.92 Å². The summed E-state index contributed by atoms with van der Waals surface area (Å²) < 4.78 is 2.99. The van der Waals surface area contributed by atoms with Crippen LogP contribution in [0.4, 0.5) is 5.69 Å². The number of halogens is 1. The first-order valence-electron chi connectivity index (χ1n) is 6.64. The minimum absolute atomic E-state index is 0.0644. The second-order valence-corrected chi connectivity index (χ2v) is 5.73. The molecular formula is C16H12BrN3O2. The molecule has 3 aromatic rings. The molecule has 1 heterocycles. The molecule has 3 rings (SSSR count). The van der Waals surface area contributed by atoms with Gasteiger partial charge in [-0.05, 0) is 17.7 Å². The topological polar surface area (TPSA) is 61.0 Å². The van der Waals surface area contributed by atoms with Crippen LogP contribution in [-0.4, -0.2) is 14.5 Å². The molecule has 0 N–H and O–H groups in total. The van der Waals surface area contributed by atoms with Crippen molar-refractivity contribution in [2.75, 3.05) is 0 Å². The molecule has 0 aliphatic carbocycles. The molecule has 0 saturated heterocycles. The molecule has 2 aromatic carbocycles. The lowest BCUT2D eigenvalue weighted by atomic mass is 10.1. The Morgan fingerprint density at radius 3 is 2.77 bits per heavy atom. The van der Waals surface area contributed by atoms with Gasteiger partial charge in [-0.3, -0.25) is 10.1 Å². The molecule has 0 amide bonds. The summed E-state index contributed by atoms with van der Waals surface area (Å²) in [6.07, 6.45) is 3.57. The third kappa shape index (κ3) is 3.07. The minimum atomic E-state index is -0.398. The molecule has 0 fully saturated rings. The molecule has 0 unspecified atom stereocenters. The van der Waals surface area contributed by atoms with Crippen molar-refractivity contribution in [1.29, 1.82) is 0 Å². The first kappa shape index (κ1) is 14.5. The van der Waals surface area contributed by atoms with E-state index in [-0.39, 0.29) is 5.69 Å². The normalized spacial score (nSPS) is 10.6. The standard InChI is InChI=1S/C16H12BrN3O2/c17-14-5-1-3-12(9-14)11-19-8-7-18-16(19)13-4-2-6-15(10-13)20(21)22/h1-10H,11H2. The van der Waals surface area contributed by atoms with Crippen LogP contribution in [0.5, 0.6) is 0 Å². The van der Waals surface area contributed by atoms with Crippen molar-refractivity contribution in [2.45, 2.75) is 6.54 Å². The van der Waals surface area contributed by atoms with Gasteiger partial charge in [0.05, 0.1) is 4.92 Å². The number of rotatable bonds is 4. The first-order valence-corrected chi connectivity index (χ1v) is 7.43. The maximum Gasteiger partial charge on any atom is 0.270 e. The number of hydrogen-bond donors (Lipinski definition) is 0. The van der Waals surface area contributed by atoms with Crippen LogP contribution < -0.4 is 0 Å². The number of aromatic nitrogens is 2. The van der Waals surface area contributed by atoms with Gasteiger partial charge in [-0.2, -0.15) is 0 Å². The number of hydrogen-bond acceptors (Lipinski definition) is 3. The van der Waals surface area contributed by atoms with Crippen molar-refractivity contribution in [2.24, 2.45) is 0 Å². The Morgan fingerprint density at radius 1 is 1.18 bits per heavy atom. The highest BCUT2D eigenvalue weighted by Crippen LogP contribution is 2.23. The molecule has 5 nitrogen and oxygen atoms in total. The zero-order valence-corrected chi connectivity index (χ0v) is 13.1. The summed E-state index contributed by atoms with van der Waals surface area (Å²) in [6.45, 7) is 0.650. The van der Waals surface area contributed by atoms with Crippen LogP contribution in [-0.2, 0) is 6.54 Å². The van der Waals surface area contributed by atoms with Crippen LogP contribution in [0.25, 0.3) is 11.4 Å².